The van der Waals surface area contributed by atoms with Crippen molar-refractivity contribution in [2.45, 2.75) is 13.3 Å². The molecule has 2 heterocycles. The van der Waals surface area contributed by atoms with Gasteiger partial charge in [0.2, 0.25) is 0 Å². The fourth-order valence-electron chi connectivity index (χ4n) is 2.00. The van der Waals surface area contributed by atoms with Gasteiger partial charge < -0.3 is 0 Å². The predicted molar refractivity (Wildman–Crippen MR) is 71.3 cm³/mol. The maximum absolute atomic E-state index is 4.54. The maximum atomic E-state index is 4.54. The molecule has 3 nitrogen and oxygen atoms in total. The zero-order chi connectivity index (χ0) is 12.4. The molecule has 3 rings (SSSR count). The lowest BCUT2D eigenvalue weighted by Crippen LogP contribution is -1.96. The highest BCUT2D eigenvalue weighted by Crippen LogP contribution is 2.14. The van der Waals surface area contributed by atoms with Crippen molar-refractivity contribution in [3.8, 4) is 0 Å². The second kappa shape index (κ2) is 4.53. The average molecular weight is 235 g/mol. The number of rotatable bonds is 2. The third-order valence-electron chi connectivity index (χ3n) is 3.02. The number of hydrogen-bond acceptors (Lipinski definition) is 3. The molecule has 18 heavy (non-hydrogen) atoms. The van der Waals surface area contributed by atoms with E-state index < -0.39 is 0 Å². The van der Waals surface area contributed by atoms with Crippen molar-refractivity contribution in [2.24, 2.45) is 0 Å². The topological polar surface area (TPSA) is 38.7 Å². The summed E-state index contributed by atoms with van der Waals surface area (Å²) >= 11 is 0. The quantitative estimate of drug-likeness (QED) is 0.685. The summed E-state index contributed by atoms with van der Waals surface area (Å²) in [7, 11) is 0. The molecule has 2 aromatic heterocycles. The van der Waals surface area contributed by atoms with Gasteiger partial charge in [-0.1, -0.05) is 24.3 Å². The van der Waals surface area contributed by atoms with E-state index in [9.17, 15) is 0 Å². The first-order valence-electron chi connectivity index (χ1n) is 5.94. The Labute approximate surface area is 106 Å². The van der Waals surface area contributed by atoms with Crippen molar-refractivity contribution in [1.29, 1.82) is 0 Å². The zero-order valence-corrected chi connectivity index (χ0v) is 10.2. The molecular formula is C15H13N3. The minimum Gasteiger partial charge on any atom is -0.251 e. The number of pyridine rings is 1. The average Bonchev–Trinajstić information content (AvgIpc) is 2.41. The fraction of sp³-hybridized carbons (Fsp3) is 0.133. The molecule has 1 aromatic carbocycles. The van der Waals surface area contributed by atoms with Crippen molar-refractivity contribution in [1.82, 2.24) is 15.0 Å². The molecule has 0 spiro atoms. The van der Waals surface area contributed by atoms with Crippen molar-refractivity contribution in [3.05, 3.63) is 65.6 Å². The van der Waals surface area contributed by atoms with Gasteiger partial charge in [0.25, 0.3) is 0 Å². The maximum Gasteiger partial charge on any atom is 0.178 e. The van der Waals surface area contributed by atoms with Crippen LogP contribution in [0.5, 0.6) is 0 Å². The van der Waals surface area contributed by atoms with Gasteiger partial charge in [-0.3, -0.25) is 4.98 Å². The third-order valence-corrected chi connectivity index (χ3v) is 3.02. The lowest BCUT2D eigenvalue weighted by atomic mass is 10.0. The monoisotopic (exact) mass is 235 g/mol. The van der Waals surface area contributed by atoms with Crippen LogP contribution in [0.3, 0.4) is 0 Å². The molecule has 0 fully saturated rings. The van der Waals surface area contributed by atoms with Crippen LogP contribution in [-0.2, 0) is 6.42 Å². The summed E-state index contributed by atoms with van der Waals surface area (Å²) in [6, 6.07) is 12.4. The summed E-state index contributed by atoms with van der Waals surface area (Å²) in [6.07, 6.45) is 4.19. The first-order chi connectivity index (χ1) is 8.83. The third kappa shape index (κ3) is 2.07. The van der Waals surface area contributed by atoms with Crippen molar-refractivity contribution in [2.75, 3.05) is 0 Å². The molecule has 0 unspecified atom stereocenters. The molecule has 0 bridgehead atoms. The Balaban J connectivity index is 1.98. The lowest BCUT2D eigenvalue weighted by Gasteiger charge is -2.05. The fourth-order valence-corrected chi connectivity index (χ4v) is 2.00. The normalized spacial score (nSPS) is 10.7. The molecule has 3 aromatic rings. The molecule has 0 radical (unpaired) electrons. The van der Waals surface area contributed by atoms with Crippen molar-refractivity contribution >= 4 is 11.2 Å². The van der Waals surface area contributed by atoms with Gasteiger partial charge >= 0.3 is 0 Å². The van der Waals surface area contributed by atoms with Gasteiger partial charge in [0.15, 0.2) is 5.65 Å². The van der Waals surface area contributed by atoms with Crippen LogP contribution in [-0.4, -0.2) is 15.0 Å². The summed E-state index contributed by atoms with van der Waals surface area (Å²) in [5.74, 6) is 0. The Bertz CT molecular complexity index is 692. The highest BCUT2D eigenvalue weighted by molar-refractivity contribution is 5.68. The molecule has 88 valence electrons. The number of nitrogens with zero attached hydrogens (tertiary/aromatic N) is 3. The van der Waals surface area contributed by atoms with Gasteiger partial charge in [0.1, 0.15) is 5.52 Å². The second-order valence-electron chi connectivity index (χ2n) is 4.30. The number of benzene rings is 1. The largest absolute Gasteiger partial charge is 0.251 e. The zero-order valence-electron chi connectivity index (χ0n) is 10.2. The molecule has 0 N–H and O–H groups in total. The predicted octanol–water partition coefficient (Wildman–Crippen LogP) is 2.92. The number of hydrogen-bond donors (Lipinski definition) is 0. The van der Waals surface area contributed by atoms with Crippen LogP contribution >= 0.6 is 0 Å². The van der Waals surface area contributed by atoms with E-state index in [1.54, 1.807) is 12.4 Å². The summed E-state index contributed by atoms with van der Waals surface area (Å²) in [6.45, 7) is 2.12. The van der Waals surface area contributed by atoms with Gasteiger partial charge in [-0.25, -0.2) is 9.97 Å². The van der Waals surface area contributed by atoms with Gasteiger partial charge in [0.05, 0.1) is 0 Å². The Hall–Kier alpha value is -2.29. The van der Waals surface area contributed by atoms with Gasteiger partial charge in [-0.05, 0) is 30.2 Å². The summed E-state index contributed by atoms with van der Waals surface area (Å²) in [5, 5.41) is 0. The van der Waals surface area contributed by atoms with E-state index in [1.807, 2.05) is 12.1 Å². The van der Waals surface area contributed by atoms with Crippen LogP contribution in [0.15, 0.2) is 48.8 Å². The number of fused-ring (bicyclic) bond motifs is 1. The van der Waals surface area contributed by atoms with E-state index in [1.165, 1.54) is 11.1 Å². The Kier molecular flexibility index (Phi) is 2.73. The summed E-state index contributed by atoms with van der Waals surface area (Å²) in [4.78, 5) is 13.0. The van der Waals surface area contributed by atoms with E-state index in [4.69, 9.17) is 0 Å². The molecule has 0 aliphatic heterocycles. The van der Waals surface area contributed by atoms with E-state index in [-0.39, 0.29) is 0 Å². The molecular weight excluding hydrogens is 222 g/mol. The Morgan fingerprint density at radius 1 is 0.944 bits per heavy atom. The minimum absolute atomic E-state index is 0.712. The minimum atomic E-state index is 0.712. The second-order valence-corrected chi connectivity index (χ2v) is 4.30. The van der Waals surface area contributed by atoms with E-state index >= 15 is 0 Å². The molecule has 0 aliphatic rings. The van der Waals surface area contributed by atoms with Crippen LogP contribution in [0.25, 0.3) is 11.2 Å². The van der Waals surface area contributed by atoms with Crippen LogP contribution in [0.1, 0.15) is 16.8 Å². The SMILES string of the molecule is Cc1ccccc1Cc1ccc2nccnc2n1. The number of aryl methyl sites for hydroxylation is 1. The lowest BCUT2D eigenvalue weighted by molar-refractivity contribution is 1.06. The smallest absolute Gasteiger partial charge is 0.178 e. The standard InChI is InChI=1S/C15H13N3/c1-11-4-2-3-5-12(11)10-13-6-7-14-15(18-13)17-9-8-16-14/h2-9H,10H2,1H3. The van der Waals surface area contributed by atoms with Crippen molar-refractivity contribution < 1.29 is 0 Å². The molecule has 0 atom stereocenters. The van der Waals surface area contributed by atoms with Crippen LogP contribution in [0.2, 0.25) is 0 Å². The van der Waals surface area contributed by atoms with Crippen LogP contribution in [0.4, 0.5) is 0 Å². The van der Waals surface area contributed by atoms with Gasteiger partial charge in [-0.2, -0.15) is 0 Å². The Morgan fingerprint density at radius 2 is 1.78 bits per heavy atom. The van der Waals surface area contributed by atoms with E-state index in [0.717, 1.165) is 17.6 Å². The summed E-state index contributed by atoms with van der Waals surface area (Å²) in [5.41, 5.74) is 5.17. The van der Waals surface area contributed by atoms with E-state index in [2.05, 4.69) is 46.1 Å². The molecule has 3 heteroatoms. The van der Waals surface area contributed by atoms with E-state index in [0.29, 0.717) is 5.65 Å². The molecule has 0 amide bonds. The highest BCUT2D eigenvalue weighted by atomic mass is 14.9. The molecule has 0 aliphatic carbocycles. The van der Waals surface area contributed by atoms with Gasteiger partial charge in [-0.15, -0.1) is 0 Å². The first-order valence-corrected chi connectivity index (χ1v) is 5.94. The highest BCUT2D eigenvalue weighted by Gasteiger charge is 2.03. The summed E-state index contributed by atoms with van der Waals surface area (Å²) < 4.78 is 0. The first kappa shape index (κ1) is 10.8. The van der Waals surface area contributed by atoms with Crippen molar-refractivity contribution in [3.63, 3.8) is 0 Å². The molecule has 0 saturated heterocycles. The van der Waals surface area contributed by atoms with Gasteiger partial charge in [0, 0.05) is 24.5 Å². The van der Waals surface area contributed by atoms with Crippen LogP contribution in [0, 0.1) is 6.92 Å². The Morgan fingerprint density at radius 3 is 2.67 bits per heavy atom. The molecule has 0 saturated carbocycles. The van der Waals surface area contributed by atoms with Crippen LogP contribution < -0.4 is 0 Å². The number of aromatic nitrogens is 3.